The summed E-state index contributed by atoms with van der Waals surface area (Å²) < 4.78 is 1.52. The van der Waals surface area contributed by atoms with Crippen LogP contribution in [0, 0.1) is 0 Å². The third-order valence-electron chi connectivity index (χ3n) is 2.43. The van der Waals surface area contributed by atoms with Crippen LogP contribution in [0.4, 0.5) is 0 Å². The van der Waals surface area contributed by atoms with Crippen LogP contribution < -0.4 is 3.07 Å². The minimum absolute atomic E-state index is 0.0729. The first-order valence-electron chi connectivity index (χ1n) is 5.67. The fourth-order valence-electron chi connectivity index (χ4n) is 1.53. The Morgan fingerprint density at radius 2 is 1.44 bits per heavy atom. The minimum atomic E-state index is 0.0729. The van der Waals surface area contributed by atoms with Gasteiger partial charge in [-0.25, -0.2) is 4.98 Å². The molecule has 0 bridgehead atoms. The molecule has 0 fully saturated rings. The zero-order valence-corrected chi connectivity index (χ0v) is 15.5. The van der Waals surface area contributed by atoms with Crippen molar-refractivity contribution in [2.45, 2.75) is 0 Å². The van der Waals surface area contributed by atoms with Crippen molar-refractivity contribution < 1.29 is 31.2 Å². The number of aromatic hydroxyl groups is 1. The van der Waals surface area contributed by atoms with Gasteiger partial charge >= 0.3 is 59.5 Å². The van der Waals surface area contributed by atoms with E-state index in [4.69, 9.17) is 5.11 Å². The molecule has 3 rings (SSSR count). The van der Waals surface area contributed by atoms with Crippen molar-refractivity contribution in [2.75, 3.05) is 0 Å². The van der Waals surface area contributed by atoms with E-state index in [2.05, 4.69) is 35.3 Å². The van der Waals surface area contributed by atoms with Gasteiger partial charge in [-0.05, 0) is 12.1 Å². The second kappa shape index (κ2) is 6.50. The summed E-state index contributed by atoms with van der Waals surface area (Å²) in [7, 11) is 0. The Kier molecular flexibility index (Phi) is 4.70. The Bertz CT molecular complexity index is 625. The Hall–Kier alpha value is -1.41. The second-order valence-electron chi connectivity index (χ2n) is 3.85. The van der Waals surface area contributed by atoms with E-state index < -0.39 is 0 Å². The van der Waals surface area contributed by atoms with Crippen molar-refractivity contribution in [3.8, 4) is 5.88 Å². The Labute approximate surface area is 122 Å². The van der Waals surface area contributed by atoms with E-state index >= 15 is 0 Å². The standard InChI is InChI=1S/C9H7NO.C6H5.Hg/c11-9-6-5-7-3-1-2-4-8(7)10-9;1-2-4-6-5-3-1;/h1-6H,(H,10,11);1-5H;. The summed E-state index contributed by atoms with van der Waals surface area (Å²) in [6, 6.07) is 21.7. The molecule has 3 heteroatoms. The summed E-state index contributed by atoms with van der Waals surface area (Å²) in [5.41, 5.74) is 0.826. The molecule has 3 aromatic rings. The van der Waals surface area contributed by atoms with Crippen LogP contribution in [0.1, 0.15) is 0 Å². The van der Waals surface area contributed by atoms with Crippen LogP contribution in [0.25, 0.3) is 10.9 Å². The number of rotatable bonds is 0. The molecule has 0 unspecified atom stereocenters. The number of aromatic nitrogens is 1. The first-order chi connectivity index (χ1) is 8.75. The molecule has 0 aliphatic heterocycles. The van der Waals surface area contributed by atoms with Crippen molar-refractivity contribution in [3.05, 3.63) is 66.7 Å². The van der Waals surface area contributed by atoms with E-state index in [1.54, 1.807) is 6.07 Å². The normalized spacial score (nSPS) is 9.67. The zero-order chi connectivity index (χ0) is 12.8. The number of nitrogens with zero attached hydrogens (tertiary/aromatic N) is 1. The van der Waals surface area contributed by atoms with Crippen molar-refractivity contribution in [2.24, 2.45) is 0 Å². The van der Waals surface area contributed by atoms with E-state index in [9.17, 15) is 0 Å². The van der Waals surface area contributed by atoms with Crippen molar-refractivity contribution in [3.63, 3.8) is 0 Å². The fourth-order valence-corrected chi connectivity index (χ4v) is 2.59. The summed E-state index contributed by atoms with van der Waals surface area (Å²) in [6.07, 6.45) is 0. The predicted octanol–water partition coefficient (Wildman–Crippen LogP) is 2.80. The molecular weight excluding hydrogens is 411 g/mol. The van der Waals surface area contributed by atoms with Crippen LogP contribution in [-0.4, -0.2) is 10.1 Å². The molecule has 0 saturated heterocycles. The predicted molar refractivity (Wildman–Crippen MR) is 69.5 cm³/mol. The number of hydrogen-bond acceptors (Lipinski definition) is 2. The average molecular weight is 423 g/mol. The third-order valence-corrected chi connectivity index (χ3v) is 4.26. The second-order valence-corrected chi connectivity index (χ2v) is 7.02. The van der Waals surface area contributed by atoms with Gasteiger partial charge < -0.3 is 5.11 Å². The summed E-state index contributed by atoms with van der Waals surface area (Å²) in [6.45, 7) is 0. The molecule has 0 spiro atoms. The van der Waals surface area contributed by atoms with Gasteiger partial charge in [0.2, 0.25) is 5.88 Å². The Morgan fingerprint density at radius 3 is 2.11 bits per heavy atom. The van der Waals surface area contributed by atoms with Gasteiger partial charge in [0.1, 0.15) is 0 Å². The number of para-hydroxylation sites is 1. The SMILES string of the molecule is Oc1ccc2ccccc2n1.[Hg][c]1ccccc1. The van der Waals surface area contributed by atoms with Gasteiger partial charge in [0.15, 0.2) is 0 Å². The Balaban J connectivity index is 0.000000149. The van der Waals surface area contributed by atoms with Gasteiger partial charge in [-0.15, -0.1) is 0 Å². The zero-order valence-electron chi connectivity index (χ0n) is 9.95. The molecule has 85 valence electrons. The summed E-state index contributed by atoms with van der Waals surface area (Å²) in [5.74, 6) is 0.0729. The first-order valence-corrected chi connectivity index (χ1v) is 8.42. The van der Waals surface area contributed by atoms with E-state index in [1.165, 1.54) is 3.07 Å². The summed E-state index contributed by atoms with van der Waals surface area (Å²) in [4.78, 5) is 3.93. The van der Waals surface area contributed by atoms with E-state index in [-0.39, 0.29) is 5.88 Å². The molecule has 0 radical (unpaired) electrons. The molecule has 2 nitrogen and oxygen atoms in total. The maximum absolute atomic E-state index is 9.02. The average Bonchev–Trinajstić information content (AvgIpc) is 2.40. The van der Waals surface area contributed by atoms with Gasteiger partial charge in [0, 0.05) is 11.5 Å². The van der Waals surface area contributed by atoms with Gasteiger partial charge in [-0.3, -0.25) is 0 Å². The first kappa shape index (κ1) is 13.0. The third kappa shape index (κ3) is 3.81. The van der Waals surface area contributed by atoms with Crippen LogP contribution in [0.5, 0.6) is 5.88 Å². The molecule has 1 aromatic heterocycles. The van der Waals surface area contributed by atoms with Crippen LogP contribution >= 0.6 is 0 Å². The topological polar surface area (TPSA) is 33.1 Å². The van der Waals surface area contributed by atoms with Crippen molar-refractivity contribution >= 4 is 14.0 Å². The fraction of sp³-hybridized carbons (Fsp3) is 0. The quantitative estimate of drug-likeness (QED) is 0.565. The van der Waals surface area contributed by atoms with Crippen LogP contribution in [-0.2, 0) is 26.1 Å². The van der Waals surface area contributed by atoms with Crippen molar-refractivity contribution in [1.29, 1.82) is 0 Å². The molecule has 0 atom stereocenters. The molecular formula is C15H12HgNO. The summed E-state index contributed by atoms with van der Waals surface area (Å²) >= 11 is 0.810. The molecule has 2 aromatic carbocycles. The summed E-state index contributed by atoms with van der Waals surface area (Å²) in [5, 5.41) is 10.1. The molecule has 0 saturated carbocycles. The molecule has 18 heavy (non-hydrogen) atoms. The molecule has 0 amide bonds. The maximum atomic E-state index is 9.02. The number of pyridine rings is 1. The van der Waals surface area contributed by atoms with Gasteiger partial charge in [-0.2, -0.15) is 0 Å². The van der Waals surface area contributed by atoms with Gasteiger partial charge in [0.05, 0.1) is 5.52 Å². The van der Waals surface area contributed by atoms with Crippen LogP contribution in [0.3, 0.4) is 0 Å². The number of hydrogen-bond donors (Lipinski definition) is 1. The van der Waals surface area contributed by atoms with Crippen LogP contribution in [0.15, 0.2) is 66.7 Å². The number of benzene rings is 2. The molecule has 0 aliphatic rings. The Morgan fingerprint density at radius 1 is 0.778 bits per heavy atom. The van der Waals surface area contributed by atoms with E-state index in [1.807, 2.05) is 30.3 Å². The van der Waals surface area contributed by atoms with Crippen molar-refractivity contribution in [1.82, 2.24) is 4.98 Å². The van der Waals surface area contributed by atoms with Gasteiger partial charge in [-0.1, -0.05) is 18.2 Å². The molecule has 0 aliphatic carbocycles. The number of fused-ring (bicyclic) bond motifs is 1. The monoisotopic (exact) mass is 424 g/mol. The van der Waals surface area contributed by atoms with Gasteiger partial charge in [0.25, 0.3) is 0 Å². The molecule has 1 N–H and O–H groups in total. The molecule has 1 heterocycles. The van der Waals surface area contributed by atoms with Crippen LogP contribution in [0.2, 0.25) is 0 Å². The van der Waals surface area contributed by atoms with E-state index in [0.29, 0.717) is 0 Å². The van der Waals surface area contributed by atoms with E-state index in [0.717, 1.165) is 37.0 Å².